The maximum absolute atomic E-state index is 13.4. The highest BCUT2D eigenvalue weighted by atomic mass is 32.2. The van der Waals surface area contributed by atoms with Crippen molar-refractivity contribution in [1.29, 1.82) is 0 Å². The average Bonchev–Trinajstić information content (AvgIpc) is 2.79. The molecule has 0 saturated carbocycles. The molecule has 0 aliphatic carbocycles. The number of hydrogen-bond acceptors (Lipinski definition) is 4. The van der Waals surface area contributed by atoms with Crippen molar-refractivity contribution >= 4 is 27.5 Å². The third-order valence-corrected chi connectivity index (χ3v) is 7.61. The fourth-order valence-electron chi connectivity index (χ4n) is 4.12. The lowest BCUT2D eigenvalue weighted by atomic mass is 10.1. The van der Waals surface area contributed by atoms with Crippen LogP contribution in [0.1, 0.15) is 62.3 Å². The van der Waals surface area contributed by atoms with Gasteiger partial charge in [-0.25, -0.2) is 8.42 Å². The number of amides is 2. The number of rotatable bonds is 12. The van der Waals surface area contributed by atoms with Crippen LogP contribution in [0.4, 0.5) is 5.69 Å². The van der Waals surface area contributed by atoms with Crippen LogP contribution in [-0.2, 0) is 26.2 Å². The number of benzene rings is 2. The van der Waals surface area contributed by atoms with E-state index >= 15 is 0 Å². The molecule has 2 atom stereocenters. The van der Waals surface area contributed by atoms with Crippen LogP contribution >= 0.6 is 0 Å². The van der Waals surface area contributed by atoms with Gasteiger partial charge in [0.05, 0.1) is 11.9 Å². The van der Waals surface area contributed by atoms with E-state index in [0.717, 1.165) is 28.7 Å². The van der Waals surface area contributed by atoms with Crippen LogP contribution in [-0.4, -0.2) is 50.0 Å². The van der Waals surface area contributed by atoms with Crippen LogP contribution in [0.2, 0.25) is 0 Å². The summed E-state index contributed by atoms with van der Waals surface area (Å²) in [5.74, 6) is -0.377. The van der Waals surface area contributed by atoms with Crippen molar-refractivity contribution in [1.82, 2.24) is 10.2 Å². The Morgan fingerprint density at radius 2 is 1.61 bits per heavy atom. The third kappa shape index (κ3) is 8.36. The molecule has 7 nitrogen and oxygen atoms in total. The van der Waals surface area contributed by atoms with Gasteiger partial charge in [0.2, 0.25) is 21.8 Å². The van der Waals surface area contributed by atoms with Gasteiger partial charge in [0.25, 0.3) is 0 Å². The van der Waals surface area contributed by atoms with Gasteiger partial charge in [-0.05, 0) is 81.8 Å². The number of carbonyl (C=O) groups is 2. The van der Waals surface area contributed by atoms with Gasteiger partial charge in [0.1, 0.15) is 6.04 Å². The molecule has 2 aromatic rings. The summed E-state index contributed by atoms with van der Waals surface area (Å²) in [7, 11) is -3.53. The number of sulfonamides is 1. The first-order valence-corrected chi connectivity index (χ1v) is 14.4. The molecule has 2 amide bonds. The second-order valence-electron chi connectivity index (χ2n) is 9.73. The number of nitrogens with one attached hydrogen (secondary N) is 1. The van der Waals surface area contributed by atoms with Gasteiger partial charge in [-0.3, -0.25) is 13.9 Å². The van der Waals surface area contributed by atoms with E-state index in [1.807, 2.05) is 77.1 Å². The zero-order valence-electron chi connectivity index (χ0n) is 22.7. The van der Waals surface area contributed by atoms with Crippen LogP contribution in [0.15, 0.2) is 42.5 Å². The lowest BCUT2D eigenvalue weighted by Gasteiger charge is -2.30. The van der Waals surface area contributed by atoms with Crippen molar-refractivity contribution in [3.05, 3.63) is 64.7 Å². The smallest absolute Gasteiger partial charge is 0.242 e. The van der Waals surface area contributed by atoms with Gasteiger partial charge in [0.15, 0.2) is 0 Å². The second-order valence-corrected chi connectivity index (χ2v) is 11.6. The van der Waals surface area contributed by atoms with Gasteiger partial charge in [0, 0.05) is 25.6 Å². The fourth-order valence-corrected chi connectivity index (χ4v) is 5.07. The Kier molecular flexibility index (Phi) is 10.5. The van der Waals surface area contributed by atoms with Crippen LogP contribution in [0.25, 0.3) is 0 Å². The molecule has 0 heterocycles. The monoisotopic (exact) mass is 515 g/mol. The highest BCUT2D eigenvalue weighted by molar-refractivity contribution is 7.92. The molecule has 0 aliphatic heterocycles. The Hall–Kier alpha value is -2.87. The predicted molar refractivity (Wildman–Crippen MR) is 146 cm³/mol. The fraction of sp³-hybridized carbons (Fsp3) is 0.500. The predicted octanol–water partition coefficient (Wildman–Crippen LogP) is 4.49. The largest absolute Gasteiger partial charge is 0.352 e. The number of anilines is 1. The van der Waals surface area contributed by atoms with Gasteiger partial charge >= 0.3 is 0 Å². The molecule has 0 radical (unpaired) electrons. The van der Waals surface area contributed by atoms with Crippen molar-refractivity contribution in [3.8, 4) is 0 Å². The molecule has 0 aromatic heterocycles. The van der Waals surface area contributed by atoms with Crippen molar-refractivity contribution in [2.75, 3.05) is 17.1 Å². The number of carbonyl (C=O) groups excluding carboxylic acids is 2. The zero-order valence-corrected chi connectivity index (χ0v) is 23.5. The summed E-state index contributed by atoms with van der Waals surface area (Å²) < 4.78 is 26.5. The quantitative estimate of drug-likeness (QED) is 0.451. The van der Waals surface area contributed by atoms with Gasteiger partial charge in [-0.1, -0.05) is 37.3 Å². The molecule has 2 rings (SSSR count). The van der Waals surface area contributed by atoms with E-state index in [2.05, 4.69) is 5.32 Å². The first-order chi connectivity index (χ1) is 16.8. The minimum atomic E-state index is -3.53. The average molecular weight is 516 g/mol. The van der Waals surface area contributed by atoms with Crippen LogP contribution in [0.5, 0.6) is 0 Å². The maximum Gasteiger partial charge on any atom is 0.242 e. The van der Waals surface area contributed by atoms with Crippen molar-refractivity contribution in [2.45, 2.75) is 79.4 Å². The highest BCUT2D eigenvalue weighted by Crippen LogP contribution is 2.22. The minimum absolute atomic E-state index is 0.0106. The second kappa shape index (κ2) is 12.9. The lowest BCUT2D eigenvalue weighted by Crippen LogP contribution is -2.49. The van der Waals surface area contributed by atoms with E-state index in [1.165, 1.54) is 10.6 Å². The molecule has 198 valence electrons. The Balaban J connectivity index is 2.21. The minimum Gasteiger partial charge on any atom is -0.352 e. The number of aryl methyl sites for hydroxylation is 3. The summed E-state index contributed by atoms with van der Waals surface area (Å²) in [5.41, 5.74) is 4.56. The Bertz CT molecular complexity index is 1140. The Morgan fingerprint density at radius 3 is 2.17 bits per heavy atom. The van der Waals surface area contributed by atoms with Crippen molar-refractivity contribution < 1.29 is 18.0 Å². The molecule has 0 unspecified atom stereocenters. The summed E-state index contributed by atoms with van der Waals surface area (Å²) in [6.07, 6.45) is 2.44. The first-order valence-electron chi connectivity index (χ1n) is 12.5. The van der Waals surface area contributed by atoms with E-state index in [9.17, 15) is 18.0 Å². The van der Waals surface area contributed by atoms with E-state index < -0.39 is 16.1 Å². The summed E-state index contributed by atoms with van der Waals surface area (Å²) in [6, 6.07) is 12.8. The number of hydrogen-bond donors (Lipinski definition) is 1. The van der Waals surface area contributed by atoms with E-state index in [-0.39, 0.29) is 30.8 Å². The molecular weight excluding hydrogens is 474 g/mol. The van der Waals surface area contributed by atoms with E-state index in [0.29, 0.717) is 18.7 Å². The first kappa shape index (κ1) is 29.4. The van der Waals surface area contributed by atoms with Gasteiger partial charge < -0.3 is 10.2 Å². The van der Waals surface area contributed by atoms with Crippen molar-refractivity contribution in [2.24, 2.45) is 0 Å². The standard InChI is InChI=1S/C28H41N3O4S/c1-8-23(5)29-28(33)24(6)30(19-25-13-10-9-12-22(25)4)27(32)14-11-15-31(36(7,34)35)26-17-20(2)16-21(3)18-26/h9-10,12-13,16-18,23-24H,8,11,14-15,19H2,1-7H3,(H,29,33)/t23-,24-/m1/s1. The van der Waals surface area contributed by atoms with Crippen LogP contribution in [0.3, 0.4) is 0 Å². The summed E-state index contributed by atoms with van der Waals surface area (Å²) in [4.78, 5) is 27.9. The van der Waals surface area contributed by atoms with Crippen molar-refractivity contribution in [3.63, 3.8) is 0 Å². The molecule has 0 bridgehead atoms. The lowest BCUT2D eigenvalue weighted by molar-refractivity contribution is -0.140. The topological polar surface area (TPSA) is 86.8 Å². The Labute approximate surface area is 216 Å². The summed E-state index contributed by atoms with van der Waals surface area (Å²) >= 11 is 0. The molecule has 1 N–H and O–H groups in total. The third-order valence-electron chi connectivity index (χ3n) is 6.42. The molecule has 0 saturated heterocycles. The van der Waals surface area contributed by atoms with Gasteiger partial charge in [-0.15, -0.1) is 0 Å². The summed E-state index contributed by atoms with van der Waals surface area (Å²) in [5, 5.41) is 2.97. The molecule has 2 aromatic carbocycles. The van der Waals surface area contributed by atoms with Crippen LogP contribution < -0.4 is 9.62 Å². The van der Waals surface area contributed by atoms with Crippen LogP contribution in [0, 0.1) is 20.8 Å². The summed E-state index contributed by atoms with van der Waals surface area (Å²) in [6.45, 7) is 12.0. The highest BCUT2D eigenvalue weighted by Gasteiger charge is 2.27. The molecule has 36 heavy (non-hydrogen) atoms. The molecular formula is C28H41N3O4S. The molecule has 0 fully saturated rings. The van der Waals surface area contributed by atoms with Gasteiger partial charge in [-0.2, -0.15) is 0 Å². The SMILES string of the molecule is CC[C@@H](C)NC(=O)[C@@H](C)N(Cc1ccccc1C)C(=O)CCCN(c1cc(C)cc(C)c1)S(C)(=O)=O. The van der Waals surface area contributed by atoms with E-state index in [4.69, 9.17) is 0 Å². The molecule has 0 aliphatic rings. The normalized spacial score (nSPS) is 13.1. The van der Waals surface area contributed by atoms with E-state index in [1.54, 1.807) is 11.8 Å². The molecule has 0 spiro atoms. The molecule has 8 heteroatoms. The maximum atomic E-state index is 13.4. The number of nitrogens with zero attached hydrogens (tertiary/aromatic N) is 2. The zero-order chi connectivity index (χ0) is 27.0. The Morgan fingerprint density at radius 1 is 1.00 bits per heavy atom.